The minimum atomic E-state index is -1.19. The van der Waals surface area contributed by atoms with Crippen LogP contribution in [-0.4, -0.2) is 40.5 Å². The zero-order valence-corrected chi connectivity index (χ0v) is 27.3. The molecule has 2 aromatic heterocycles. The summed E-state index contributed by atoms with van der Waals surface area (Å²) in [5, 5.41) is 10.4. The maximum absolute atomic E-state index is 5.53. The molecule has 0 amide bonds. The highest BCUT2D eigenvalue weighted by Gasteiger charge is 2.26. The number of pyridine rings is 2. The van der Waals surface area contributed by atoms with E-state index in [1.54, 1.807) is 21.6 Å². The van der Waals surface area contributed by atoms with Crippen LogP contribution in [0.1, 0.15) is 64.5 Å². The van der Waals surface area contributed by atoms with Crippen molar-refractivity contribution in [1.82, 2.24) is 9.97 Å². The van der Waals surface area contributed by atoms with Gasteiger partial charge in [-0.15, -0.1) is 10.3 Å². The first-order valence-electron chi connectivity index (χ1n) is 12.4. The van der Waals surface area contributed by atoms with Gasteiger partial charge in [0.15, 0.2) is 0 Å². The van der Waals surface area contributed by atoms with Crippen molar-refractivity contribution in [1.29, 1.82) is 0 Å². The summed E-state index contributed by atoms with van der Waals surface area (Å²) in [6.07, 6.45) is 7.74. The number of nitrogens with zero attached hydrogens (tertiary/aromatic N) is 4. The van der Waals surface area contributed by atoms with E-state index in [0.717, 1.165) is 21.2 Å². The molecule has 0 aromatic carbocycles. The highest BCUT2D eigenvalue weighted by atomic mass is 33.1. The molecule has 198 valence electrons. The molecule has 2 unspecified atom stereocenters. The predicted octanol–water partition coefficient (Wildman–Crippen LogP) is 7.51. The average Bonchev–Trinajstić information content (AvgIpc) is 2.77. The largest absolute Gasteiger partial charge is 0.460 e. The zero-order valence-electron chi connectivity index (χ0n) is 23.4. The molecule has 0 N–H and O–H groups in total. The lowest BCUT2D eigenvalue weighted by molar-refractivity contribution is 0.338. The van der Waals surface area contributed by atoms with Crippen LogP contribution < -0.4 is 0 Å². The number of aromatic nitrogens is 2. The van der Waals surface area contributed by atoms with Crippen LogP contribution in [0.3, 0.4) is 0 Å². The van der Waals surface area contributed by atoms with Gasteiger partial charge in [0.1, 0.15) is 10.1 Å². The Morgan fingerprint density at radius 3 is 1.31 bits per heavy atom. The fraction of sp³-hybridized carbons (Fsp3) is 0.538. The van der Waals surface area contributed by atoms with Crippen molar-refractivity contribution in [2.24, 2.45) is 21.1 Å². The van der Waals surface area contributed by atoms with Gasteiger partial charge in [-0.25, -0.2) is 9.97 Å². The van der Waals surface area contributed by atoms with Crippen LogP contribution in [0.2, 0.25) is 26.2 Å². The van der Waals surface area contributed by atoms with Crippen molar-refractivity contribution in [3.8, 4) is 0 Å². The summed E-state index contributed by atoms with van der Waals surface area (Å²) in [7, 11) is 0.841. The Labute approximate surface area is 229 Å². The van der Waals surface area contributed by atoms with Crippen LogP contribution in [0.15, 0.2) is 57.0 Å². The lowest BCUT2D eigenvalue weighted by atomic mass is 9.78. The van der Waals surface area contributed by atoms with Crippen LogP contribution in [-0.2, 0) is 9.05 Å². The molecule has 0 spiro atoms. The lowest BCUT2D eigenvalue weighted by Crippen LogP contribution is -2.20. The quantitative estimate of drug-likeness (QED) is 0.122. The van der Waals surface area contributed by atoms with Gasteiger partial charge in [0.05, 0.1) is 12.4 Å². The molecular formula is C26H42N4O2S2Si2. The third-order valence-corrected chi connectivity index (χ3v) is 8.55. The first-order chi connectivity index (χ1) is 16.8. The Kier molecular flexibility index (Phi) is 11.7. The third-order valence-electron chi connectivity index (χ3n) is 5.28. The summed E-state index contributed by atoms with van der Waals surface area (Å²) >= 11 is 0. The Morgan fingerprint density at radius 2 is 1.06 bits per heavy atom. The molecule has 2 rings (SSSR count). The van der Waals surface area contributed by atoms with Crippen molar-refractivity contribution < 1.29 is 9.05 Å². The van der Waals surface area contributed by atoms with E-state index in [1.165, 1.54) is 0 Å². The molecule has 0 aliphatic heterocycles. The minimum Gasteiger partial charge on any atom is -0.460 e. The smallest absolute Gasteiger partial charge is 0.266 e. The zero-order chi connectivity index (χ0) is 26.9. The molecule has 0 saturated carbocycles. The molecular weight excluding hydrogens is 521 g/mol. The van der Waals surface area contributed by atoms with Crippen molar-refractivity contribution in [3.05, 3.63) is 47.8 Å². The molecule has 2 heterocycles. The van der Waals surface area contributed by atoms with Gasteiger partial charge in [0.2, 0.25) is 0 Å². The van der Waals surface area contributed by atoms with Crippen molar-refractivity contribution >= 4 is 52.1 Å². The molecule has 2 atom stereocenters. The summed E-state index contributed by atoms with van der Waals surface area (Å²) in [5.74, 6) is 0.262. The van der Waals surface area contributed by atoms with Crippen LogP contribution in [0.5, 0.6) is 0 Å². The molecule has 0 radical (unpaired) electrons. The first kappa shape index (κ1) is 30.6. The summed E-state index contributed by atoms with van der Waals surface area (Å²) in [5.41, 5.74) is 2.30. The van der Waals surface area contributed by atoms with E-state index in [-0.39, 0.29) is 22.7 Å². The van der Waals surface area contributed by atoms with Crippen LogP contribution in [0, 0.1) is 10.8 Å². The summed E-state index contributed by atoms with van der Waals surface area (Å²) in [6, 6.07) is 8.40. The summed E-state index contributed by atoms with van der Waals surface area (Å²) < 4.78 is 11.1. The Morgan fingerprint density at radius 1 is 0.694 bits per heavy atom. The number of oxime groups is 2. The predicted molar refractivity (Wildman–Crippen MR) is 161 cm³/mol. The van der Waals surface area contributed by atoms with E-state index >= 15 is 0 Å². The summed E-state index contributed by atoms with van der Waals surface area (Å²) in [4.78, 5) is 9.38. The topological polar surface area (TPSA) is 69.0 Å². The molecule has 0 aliphatic carbocycles. The van der Waals surface area contributed by atoms with Crippen LogP contribution in [0.25, 0.3) is 0 Å². The SMILES string of the molecule is C[SiH](C)ON=CC(c1ccc(SSc2ccc(C(C=NO[SiH](C)C)C(C)(C)C)cn2)nc1)C(C)(C)C. The Hall–Kier alpha value is -1.63. The van der Waals surface area contributed by atoms with Crippen molar-refractivity contribution in [2.45, 2.75) is 89.6 Å². The van der Waals surface area contributed by atoms with Gasteiger partial charge in [-0.05, 0) is 81.9 Å². The van der Waals surface area contributed by atoms with E-state index < -0.39 is 18.1 Å². The van der Waals surface area contributed by atoms with Gasteiger partial charge >= 0.3 is 0 Å². The fourth-order valence-corrected chi connectivity index (χ4v) is 5.73. The van der Waals surface area contributed by atoms with E-state index in [1.807, 2.05) is 24.8 Å². The third kappa shape index (κ3) is 10.4. The Bertz CT molecular complexity index is 905. The van der Waals surface area contributed by atoms with E-state index in [9.17, 15) is 0 Å². The van der Waals surface area contributed by atoms with Gasteiger partial charge in [-0.3, -0.25) is 0 Å². The Balaban J connectivity index is 2.06. The maximum Gasteiger partial charge on any atom is 0.266 e. The van der Waals surface area contributed by atoms with Gasteiger partial charge < -0.3 is 9.05 Å². The number of hydrogen-bond donors (Lipinski definition) is 0. The van der Waals surface area contributed by atoms with Crippen LogP contribution >= 0.6 is 21.6 Å². The monoisotopic (exact) mass is 562 g/mol. The molecule has 10 heteroatoms. The highest BCUT2D eigenvalue weighted by molar-refractivity contribution is 8.76. The van der Waals surface area contributed by atoms with E-state index in [0.29, 0.717) is 0 Å². The first-order valence-corrected chi connectivity index (χ1v) is 20.1. The second kappa shape index (κ2) is 13.8. The molecule has 0 bridgehead atoms. The van der Waals surface area contributed by atoms with Crippen LogP contribution in [0.4, 0.5) is 0 Å². The number of hydrogen-bond acceptors (Lipinski definition) is 8. The molecule has 36 heavy (non-hydrogen) atoms. The average molecular weight is 563 g/mol. The fourth-order valence-electron chi connectivity index (χ4n) is 3.39. The van der Waals surface area contributed by atoms with Crippen molar-refractivity contribution in [3.63, 3.8) is 0 Å². The van der Waals surface area contributed by atoms with Gasteiger partial charge in [-0.1, -0.05) is 53.7 Å². The van der Waals surface area contributed by atoms with Gasteiger partial charge in [0.25, 0.3) is 18.1 Å². The maximum atomic E-state index is 5.53. The molecule has 0 aliphatic rings. The van der Waals surface area contributed by atoms with E-state index in [2.05, 4.69) is 112 Å². The minimum absolute atomic E-state index is 0.0145. The van der Waals surface area contributed by atoms with Gasteiger partial charge in [0, 0.05) is 24.2 Å². The normalized spacial score (nSPS) is 14.7. The molecule has 0 fully saturated rings. The highest BCUT2D eigenvalue weighted by Crippen LogP contribution is 2.39. The van der Waals surface area contributed by atoms with Gasteiger partial charge in [-0.2, -0.15) is 0 Å². The molecule has 6 nitrogen and oxygen atoms in total. The lowest BCUT2D eigenvalue weighted by Gasteiger charge is -2.27. The second-order valence-corrected chi connectivity index (χ2v) is 18.3. The molecule has 2 aromatic rings. The van der Waals surface area contributed by atoms with E-state index in [4.69, 9.17) is 9.05 Å². The van der Waals surface area contributed by atoms with Crippen molar-refractivity contribution in [2.75, 3.05) is 0 Å². The summed E-state index contributed by atoms with van der Waals surface area (Å²) in [6.45, 7) is 21.7. The molecule has 0 saturated heterocycles. The standard InChI is InChI=1S/C26H42N4O2S2Si2/c1-25(2,3)21(17-29-31-35(7)8)19-11-13-23(27-15-19)33-34-24-14-12-20(16-28-24)22(26(4,5)6)18-30-32-36(9)10/h11-18,21-22,35-36H,1-10H3. The number of rotatable bonds is 11. The second-order valence-electron chi connectivity index (χ2n) is 11.5.